The van der Waals surface area contributed by atoms with Gasteiger partial charge in [0, 0.05) is 18.4 Å². The molecule has 2 fully saturated rings. The molecule has 2 unspecified atom stereocenters. The van der Waals surface area contributed by atoms with E-state index in [0.717, 1.165) is 11.8 Å². The van der Waals surface area contributed by atoms with E-state index in [-0.39, 0.29) is 0 Å². The number of nitrogens with zero attached hydrogens (tertiary/aromatic N) is 1. The van der Waals surface area contributed by atoms with E-state index in [1.165, 1.54) is 69.0 Å². The summed E-state index contributed by atoms with van der Waals surface area (Å²) in [5.41, 5.74) is 2.47. The number of pyridine rings is 1. The highest BCUT2D eigenvalue weighted by Crippen LogP contribution is 2.39. The lowest BCUT2D eigenvalue weighted by Gasteiger charge is -2.39. The topological polar surface area (TPSA) is 24.9 Å². The molecule has 3 rings (SSSR count). The minimum Gasteiger partial charge on any atom is -0.381 e. The summed E-state index contributed by atoms with van der Waals surface area (Å²) in [7, 11) is 0. The first-order chi connectivity index (χ1) is 9.83. The van der Waals surface area contributed by atoms with Gasteiger partial charge < -0.3 is 5.32 Å². The first-order valence-electron chi connectivity index (χ1n) is 8.51. The van der Waals surface area contributed by atoms with Gasteiger partial charge in [-0.2, -0.15) is 0 Å². The Labute approximate surface area is 123 Å². The third-order valence-corrected chi connectivity index (χ3v) is 5.30. The Kier molecular flexibility index (Phi) is 4.59. The average Bonchev–Trinajstić information content (AvgIpc) is 2.49. The summed E-state index contributed by atoms with van der Waals surface area (Å²) in [6, 6.07) is 2.91. The largest absolute Gasteiger partial charge is 0.381 e. The molecule has 2 heteroatoms. The molecule has 1 heterocycles. The number of hydrogen-bond acceptors (Lipinski definition) is 2. The van der Waals surface area contributed by atoms with Crippen LogP contribution in [-0.2, 0) is 0 Å². The van der Waals surface area contributed by atoms with Crippen LogP contribution in [0.2, 0.25) is 0 Å². The van der Waals surface area contributed by atoms with Crippen molar-refractivity contribution in [3.63, 3.8) is 0 Å². The minimum absolute atomic E-state index is 0.676. The Hall–Kier alpha value is -1.05. The minimum atomic E-state index is 0.676. The standard InChI is InChI=1S/C18H28N2/c1-14-11-16(13-19-12-14)20-18-10-6-5-9-17(18)15-7-3-2-4-8-15/h11-13,15,17-18,20H,2-10H2,1H3. The Bertz CT molecular complexity index is 423. The molecule has 0 amide bonds. The number of nitrogens with one attached hydrogen (secondary N) is 1. The van der Waals surface area contributed by atoms with Crippen molar-refractivity contribution in [2.75, 3.05) is 5.32 Å². The summed E-state index contributed by atoms with van der Waals surface area (Å²) < 4.78 is 0. The predicted molar refractivity (Wildman–Crippen MR) is 84.9 cm³/mol. The molecule has 110 valence electrons. The predicted octanol–water partition coefficient (Wildman–Crippen LogP) is 4.94. The van der Waals surface area contributed by atoms with Crippen molar-refractivity contribution in [1.29, 1.82) is 0 Å². The first kappa shape index (κ1) is 13.9. The summed E-state index contributed by atoms with van der Waals surface area (Å²) in [5, 5.41) is 3.81. The fourth-order valence-electron chi connectivity index (χ4n) is 4.31. The van der Waals surface area contributed by atoms with Crippen molar-refractivity contribution < 1.29 is 0 Å². The van der Waals surface area contributed by atoms with E-state index in [2.05, 4.69) is 23.3 Å². The lowest BCUT2D eigenvalue weighted by Crippen LogP contribution is -2.37. The van der Waals surface area contributed by atoms with Gasteiger partial charge in [-0.15, -0.1) is 0 Å². The van der Waals surface area contributed by atoms with Gasteiger partial charge in [0.25, 0.3) is 0 Å². The fourth-order valence-corrected chi connectivity index (χ4v) is 4.31. The van der Waals surface area contributed by atoms with Crippen LogP contribution in [-0.4, -0.2) is 11.0 Å². The van der Waals surface area contributed by atoms with Crippen LogP contribution < -0.4 is 5.32 Å². The van der Waals surface area contributed by atoms with E-state index in [0.29, 0.717) is 6.04 Å². The van der Waals surface area contributed by atoms with E-state index < -0.39 is 0 Å². The number of aryl methyl sites for hydroxylation is 1. The molecule has 1 aromatic heterocycles. The summed E-state index contributed by atoms with van der Waals surface area (Å²) in [6.07, 6.45) is 16.8. The van der Waals surface area contributed by atoms with Crippen molar-refractivity contribution >= 4 is 5.69 Å². The van der Waals surface area contributed by atoms with Crippen LogP contribution in [0.3, 0.4) is 0 Å². The van der Waals surface area contributed by atoms with E-state index in [1.54, 1.807) is 0 Å². The van der Waals surface area contributed by atoms with Crippen molar-refractivity contribution in [1.82, 2.24) is 4.98 Å². The molecular weight excluding hydrogens is 244 g/mol. The average molecular weight is 272 g/mol. The molecule has 2 atom stereocenters. The van der Waals surface area contributed by atoms with Gasteiger partial charge in [0.05, 0.1) is 5.69 Å². The summed E-state index contributed by atoms with van der Waals surface area (Å²) in [6.45, 7) is 2.12. The van der Waals surface area contributed by atoms with Crippen LogP contribution in [0.15, 0.2) is 18.5 Å². The zero-order valence-corrected chi connectivity index (χ0v) is 12.8. The van der Waals surface area contributed by atoms with Crippen LogP contribution in [0.4, 0.5) is 5.69 Å². The van der Waals surface area contributed by atoms with Gasteiger partial charge >= 0.3 is 0 Å². The second-order valence-electron chi connectivity index (χ2n) is 6.85. The molecule has 0 radical (unpaired) electrons. The monoisotopic (exact) mass is 272 g/mol. The third kappa shape index (κ3) is 3.34. The SMILES string of the molecule is Cc1cncc(NC2CCCCC2C2CCCCC2)c1. The zero-order chi connectivity index (χ0) is 13.8. The van der Waals surface area contributed by atoms with E-state index in [9.17, 15) is 0 Å². The normalized spacial score (nSPS) is 28.2. The highest BCUT2D eigenvalue weighted by molar-refractivity contribution is 5.43. The smallest absolute Gasteiger partial charge is 0.0531 e. The van der Waals surface area contributed by atoms with Crippen molar-refractivity contribution in [3.8, 4) is 0 Å². The van der Waals surface area contributed by atoms with Gasteiger partial charge in [0.1, 0.15) is 0 Å². The molecule has 0 saturated heterocycles. The van der Waals surface area contributed by atoms with Gasteiger partial charge in [-0.3, -0.25) is 4.98 Å². The number of hydrogen-bond donors (Lipinski definition) is 1. The lowest BCUT2D eigenvalue weighted by atomic mass is 9.71. The van der Waals surface area contributed by atoms with Crippen LogP contribution in [0.5, 0.6) is 0 Å². The first-order valence-corrected chi connectivity index (χ1v) is 8.51. The molecule has 0 aromatic carbocycles. The lowest BCUT2D eigenvalue weighted by molar-refractivity contribution is 0.180. The van der Waals surface area contributed by atoms with Gasteiger partial charge in [-0.1, -0.05) is 44.9 Å². The molecule has 1 aromatic rings. The third-order valence-electron chi connectivity index (χ3n) is 5.30. The molecule has 0 aliphatic heterocycles. The quantitative estimate of drug-likeness (QED) is 0.843. The molecule has 2 nitrogen and oxygen atoms in total. The Balaban J connectivity index is 1.68. The van der Waals surface area contributed by atoms with E-state index in [1.807, 2.05) is 12.4 Å². The summed E-state index contributed by atoms with van der Waals surface area (Å²) in [5.74, 6) is 1.86. The van der Waals surface area contributed by atoms with Crippen LogP contribution >= 0.6 is 0 Å². The van der Waals surface area contributed by atoms with Gasteiger partial charge in [-0.05, 0) is 43.2 Å². The van der Waals surface area contributed by atoms with E-state index in [4.69, 9.17) is 0 Å². The Morgan fingerprint density at radius 2 is 1.70 bits per heavy atom. The highest BCUT2D eigenvalue weighted by Gasteiger charge is 2.32. The van der Waals surface area contributed by atoms with Gasteiger partial charge in [-0.25, -0.2) is 0 Å². The molecule has 0 spiro atoms. The molecule has 20 heavy (non-hydrogen) atoms. The van der Waals surface area contributed by atoms with Crippen molar-refractivity contribution in [2.24, 2.45) is 11.8 Å². The van der Waals surface area contributed by atoms with Gasteiger partial charge in [0.15, 0.2) is 0 Å². The van der Waals surface area contributed by atoms with Crippen LogP contribution in [0.25, 0.3) is 0 Å². The number of anilines is 1. The maximum Gasteiger partial charge on any atom is 0.0531 e. The van der Waals surface area contributed by atoms with Gasteiger partial charge in [0.2, 0.25) is 0 Å². The van der Waals surface area contributed by atoms with E-state index >= 15 is 0 Å². The Morgan fingerprint density at radius 3 is 2.50 bits per heavy atom. The molecule has 2 aliphatic carbocycles. The maximum atomic E-state index is 4.32. The number of rotatable bonds is 3. The summed E-state index contributed by atoms with van der Waals surface area (Å²) >= 11 is 0. The highest BCUT2D eigenvalue weighted by atomic mass is 14.9. The van der Waals surface area contributed by atoms with Crippen LogP contribution in [0.1, 0.15) is 63.4 Å². The summed E-state index contributed by atoms with van der Waals surface area (Å²) in [4.78, 5) is 4.32. The second-order valence-corrected chi connectivity index (χ2v) is 6.85. The zero-order valence-electron chi connectivity index (χ0n) is 12.8. The molecule has 1 N–H and O–H groups in total. The van der Waals surface area contributed by atoms with Crippen molar-refractivity contribution in [3.05, 3.63) is 24.0 Å². The fraction of sp³-hybridized carbons (Fsp3) is 0.722. The second kappa shape index (κ2) is 6.60. The molecule has 2 aliphatic rings. The molecule has 0 bridgehead atoms. The van der Waals surface area contributed by atoms with Crippen LogP contribution in [0, 0.1) is 18.8 Å². The maximum absolute atomic E-state index is 4.32. The van der Waals surface area contributed by atoms with Crippen molar-refractivity contribution in [2.45, 2.75) is 70.8 Å². The molecular formula is C18H28N2. The molecule has 2 saturated carbocycles. The Morgan fingerprint density at radius 1 is 0.950 bits per heavy atom. The number of aromatic nitrogens is 1.